The van der Waals surface area contributed by atoms with Crippen LogP contribution >= 0.6 is 0 Å². The molecule has 2 aromatic rings. The van der Waals surface area contributed by atoms with Crippen molar-refractivity contribution in [3.8, 4) is 11.5 Å². The first-order valence-electron chi connectivity index (χ1n) is 13.3. The number of fused-ring (bicyclic) bond motifs is 6. The van der Waals surface area contributed by atoms with Gasteiger partial charge in [0.2, 0.25) is 18.3 Å². The lowest BCUT2D eigenvalue weighted by Crippen LogP contribution is -2.48. The predicted molar refractivity (Wildman–Crippen MR) is 139 cm³/mol. The second-order valence-corrected chi connectivity index (χ2v) is 10.6. The quantitative estimate of drug-likeness (QED) is 0.400. The molecule has 0 bridgehead atoms. The van der Waals surface area contributed by atoms with Gasteiger partial charge in [-0.3, -0.25) is 9.59 Å². The Balaban J connectivity index is 1.50. The molecule has 11 heteroatoms. The molecule has 210 valence electrons. The Hall–Kier alpha value is -3.77. The van der Waals surface area contributed by atoms with Crippen molar-refractivity contribution in [3.05, 3.63) is 63.8 Å². The van der Waals surface area contributed by atoms with Gasteiger partial charge in [0.05, 0.1) is 23.3 Å². The Morgan fingerprint density at radius 1 is 1.12 bits per heavy atom. The van der Waals surface area contributed by atoms with Gasteiger partial charge in [-0.2, -0.15) is 0 Å². The molecule has 0 amide bonds. The average molecular weight is 551 g/mol. The summed E-state index contributed by atoms with van der Waals surface area (Å²) in [6.45, 7) is 3.68. The minimum absolute atomic E-state index is 0.00414. The molecule has 3 aliphatic heterocycles. The maximum absolute atomic E-state index is 14.4. The first-order valence-corrected chi connectivity index (χ1v) is 13.3. The number of hydrogen-bond donors (Lipinski definition) is 4. The minimum Gasteiger partial charge on any atom is -0.507 e. The molecular formula is C29H30N2O9. The van der Waals surface area contributed by atoms with Crippen molar-refractivity contribution < 1.29 is 43.9 Å². The lowest BCUT2D eigenvalue weighted by atomic mass is 9.78. The molecule has 2 saturated heterocycles. The van der Waals surface area contributed by atoms with Crippen LogP contribution in [0.25, 0.3) is 5.57 Å². The molecule has 1 aliphatic carbocycles. The van der Waals surface area contributed by atoms with Crippen LogP contribution in [0.3, 0.4) is 0 Å². The molecule has 6 rings (SSSR count). The molecular weight excluding hydrogens is 520 g/mol. The van der Waals surface area contributed by atoms with Crippen LogP contribution in [0.2, 0.25) is 0 Å². The lowest BCUT2D eigenvalue weighted by Gasteiger charge is -2.39. The van der Waals surface area contributed by atoms with Crippen molar-refractivity contribution in [1.82, 2.24) is 4.90 Å². The molecule has 11 nitrogen and oxygen atoms in total. The van der Waals surface area contributed by atoms with E-state index < -0.39 is 54.4 Å². The Labute approximate surface area is 229 Å². The Morgan fingerprint density at radius 3 is 2.62 bits per heavy atom. The number of nitrogens with zero attached hydrogens (tertiary/aromatic N) is 1. The molecule has 0 saturated carbocycles. The van der Waals surface area contributed by atoms with E-state index in [4.69, 9.17) is 19.9 Å². The van der Waals surface area contributed by atoms with Gasteiger partial charge in [-0.1, -0.05) is 12.1 Å². The highest BCUT2D eigenvalue weighted by atomic mass is 16.7. The molecule has 0 aromatic heterocycles. The van der Waals surface area contributed by atoms with Crippen molar-refractivity contribution >= 4 is 23.1 Å². The van der Waals surface area contributed by atoms with E-state index in [9.17, 15) is 29.7 Å². The molecule has 2 aromatic carbocycles. The highest BCUT2D eigenvalue weighted by Crippen LogP contribution is 2.52. The number of benzene rings is 2. The van der Waals surface area contributed by atoms with E-state index in [1.807, 2.05) is 0 Å². The number of aryl methyl sites for hydroxylation is 1. The first-order chi connectivity index (χ1) is 19.1. The monoisotopic (exact) mass is 550 g/mol. The van der Waals surface area contributed by atoms with Gasteiger partial charge in [-0.15, -0.1) is 0 Å². The molecule has 5 N–H and O–H groups in total. The number of carbonyl (C=O) groups is 3. The number of hydrogen-bond acceptors (Lipinski definition) is 11. The molecule has 1 unspecified atom stereocenters. The number of aliphatic hydroxyl groups is 2. The predicted octanol–water partition coefficient (Wildman–Crippen LogP) is 1.70. The fraction of sp³-hybridized carbons (Fsp3) is 0.414. The van der Waals surface area contributed by atoms with Gasteiger partial charge in [0.15, 0.2) is 5.78 Å². The summed E-state index contributed by atoms with van der Waals surface area (Å²) in [4.78, 5) is 43.1. The van der Waals surface area contributed by atoms with Crippen LogP contribution in [-0.2, 0) is 14.3 Å². The number of ether oxygens (including phenoxy) is 3. The van der Waals surface area contributed by atoms with Crippen LogP contribution in [0.1, 0.15) is 69.8 Å². The van der Waals surface area contributed by atoms with E-state index in [0.29, 0.717) is 30.5 Å². The van der Waals surface area contributed by atoms with Crippen molar-refractivity contribution in [2.45, 2.75) is 70.0 Å². The van der Waals surface area contributed by atoms with E-state index in [0.717, 1.165) is 0 Å². The van der Waals surface area contributed by atoms with Gasteiger partial charge in [-0.05, 0) is 57.0 Å². The van der Waals surface area contributed by atoms with E-state index >= 15 is 0 Å². The molecule has 3 heterocycles. The van der Waals surface area contributed by atoms with Crippen LogP contribution in [-0.4, -0.2) is 74.9 Å². The topological polar surface area (TPSA) is 169 Å². The van der Waals surface area contributed by atoms with Crippen molar-refractivity contribution in [1.29, 1.82) is 0 Å². The number of aromatic hydroxyl groups is 1. The number of aliphatic hydroxyl groups excluding tert-OH is 2. The minimum atomic E-state index is -1.10. The largest absolute Gasteiger partial charge is 0.507 e. The summed E-state index contributed by atoms with van der Waals surface area (Å²) in [5, 5.41) is 31.3. The summed E-state index contributed by atoms with van der Waals surface area (Å²) in [5.74, 6) is -1.77. The van der Waals surface area contributed by atoms with Crippen molar-refractivity contribution in [3.63, 3.8) is 0 Å². The molecule has 2 fully saturated rings. The van der Waals surface area contributed by atoms with Gasteiger partial charge in [0.25, 0.3) is 0 Å². The Bertz CT molecular complexity index is 1460. The number of phenolic OH excluding ortho intramolecular Hbond substituents is 1. The van der Waals surface area contributed by atoms with E-state index in [1.54, 1.807) is 26.0 Å². The Morgan fingerprint density at radius 2 is 1.90 bits per heavy atom. The third-order valence-corrected chi connectivity index (χ3v) is 7.95. The molecule has 0 radical (unpaired) electrons. The summed E-state index contributed by atoms with van der Waals surface area (Å²) in [6, 6.07) is 6.97. The number of esters is 1. The fourth-order valence-electron chi connectivity index (χ4n) is 6.09. The number of phenols is 1. The Kier molecular flexibility index (Phi) is 6.42. The summed E-state index contributed by atoms with van der Waals surface area (Å²) >= 11 is 0. The first kappa shape index (κ1) is 26.5. The number of carbonyl (C=O) groups excluding carboxylic acids is 3. The van der Waals surface area contributed by atoms with Crippen LogP contribution in [0.15, 0.2) is 36.0 Å². The van der Waals surface area contributed by atoms with Crippen LogP contribution < -0.4 is 10.5 Å². The van der Waals surface area contributed by atoms with Crippen molar-refractivity contribution in [2.75, 3.05) is 6.54 Å². The molecule has 40 heavy (non-hydrogen) atoms. The molecule has 4 aliphatic rings. The van der Waals surface area contributed by atoms with E-state index in [-0.39, 0.29) is 45.9 Å². The van der Waals surface area contributed by atoms with Crippen LogP contribution in [0.4, 0.5) is 0 Å². The zero-order valence-corrected chi connectivity index (χ0v) is 22.0. The zero-order chi connectivity index (χ0) is 28.5. The number of allylic oxidation sites excluding steroid dienone is 2. The van der Waals surface area contributed by atoms with Gasteiger partial charge in [-0.25, -0.2) is 4.79 Å². The second-order valence-electron chi connectivity index (χ2n) is 10.6. The number of nitrogens with two attached hydrogens (primary N) is 1. The SMILES string of the molecule is Cc1cc(O)c2c(c1)[C@H]1OC(=O)[C@H](CCCN)N1C1=C2C(=O)c2cccc(OC3C[C@@H](O)[C@@H](O)[C@H](C)O3)c2C1=O. The average Bonchev–Trinajstić information content (AvgIpc) is 3.24. The number of rotatable bonds is 5. The van der Waals surface area contributed by atoms with Gasteiger partial charge in [0.1, 0.15) is 29.3 Å². The van der Waals surface area contributed by atoms with Crippen LogP contribution in [0.5, 0.6) is 11.5 Å². The molecule has 6 atom stereocenters. The summed E-state index contributed by atoms with van der Waals surface area (Å²) in [6.07, 6.45) is -4.18. The van der Waals surface area contributed by atoms with Crippen molar-refractivity contribution in [2.24, 2.45) is 5.73 Å². The standard InChI is InChI=1S/C29H30N2O9/c1-12-9-15-21(17(32)10-12)23-24(31-16(6-4-8-30)29(37)40-28(15)31)27(36)22-14(26(23)35)5-3-7-19(22)39-20-11-18(33)25(34)13(2)38-20/h3,5,7,9-10,13,16,18,20,25,28,32-34H,4,6,8,11,30H2,1-2H3/t13-,16-,18+,20?,25-,28+/m0/s1. The maximum Gasteiger partial charge on any atom is 0.331 e. The van der Waals surface area contributed by atoms with E-state index in [2.05, 4.69) is 0 Å². The summed E-state index contributed by atoms with van der Waals surface area (Å²) in [7, 11) is 0. The third kappa shape index (κ3) is 3.92. The second kappa shape index (κ2) is 9.70. The van der Waals surface area contributed by atoms with Gasteiger partial charge >= 0.3 is 5.97 Å². The zero-order valence-electron chi connectivity index (χ0n) is 22.0. The lowest BCUT2D eigenvalue weighted by molar-refractivity contribution is -0.216. The summed E-state index contributed by atoms with van der Waals surface area (Å²) in [5.41, 5.74) is 6.99. The highest BCUT2D eigenvalue weighted by molar-refractivity contribution is 6.41. The number of Topliss-reactive ketones (excluding diaryl/α,β-unsaturated/α-hetero) is 2. The molecule has 0 spiro atoms. The summed E-state index contributed by atoms with van der Waals surface area (Å²) < 4.78 is 17.4. The fourth-order valence-corrected chi connectivity index (χ4v) is 6.09. The van der Waals surface area contributed by atoms with E-state index in [1.165, 1.54) is 23.1 Å². The number of ketones is 2. The normalized spacial score (nSPS) is 29.0. The van der Waals surface area contributed by atoms with Crippen LogP contribution in [0, 0.1) is 6.92 Å². The maximum atomic E-state index is 14.4. The highest BCUT2D eigenvalue weighted by Gasteiger charge is 2.53. The van der Waals surface area contributed by atoms with Gasteiger partial charge < -0.3 is 40.2 Å². The third-order valence-electron chi connectivity index (χ3n) is 7.95. The van der Waals surface area contributed by atoms with Gasteiger partial charge in [0, 0.05) is 23.1 Å². The smallest absolute Gasteiger partial charge is 0.331 e.